The van der Waals surface area contributed by atoms with E-state index >= 15 is 0 Å². The molecular weight excluding hydrogens is 356 g/mol. The number of nitrogens with zero attached hydrogens (tertiary/aromatic N) is 5. The Kier molecular flexibility index (Phi) is 5.10. The van der Waals surface area contributed by atoms with Crippen LogP contribution < -0.4 is 15.0 Å². The van der Waals surface area contributed by atoms with Crippen molar-refractivity contribution in [2.75, 3.05) is 25.1 Å². The van der Waals surface area contributed by atoms with E-state index in [0.717, 1.165) is 42.2 Å². The fourth-order valence-electron chi connectivity index (χ4n) is 3.65. The normalized spacial score (nSPS) is 16.9. The average Bonchev–Trinajstić information content (AvgIpc) is 3.20. The second-order valence-electron chi connectivity index (χ2n) is 7.08. The first-order chi connectivity index (χ1) is 13.6. The maximum absolute atomic E-state index is 12.8. The average molecular weight is 380 g/mol. The summed E-state index contributed by atoms with van der Waals surface area (Å²) >= 11 is 0. The maximum Gasteiger partial charge on any atom is 0.254 e. The quantitative estimate of drug-likeness (QED) is 0.729. The van der Waals surface area contributed by atoms with Crippen LogP contribution in [0.4, 0.5) is 5.82 Å². The van der Waals surface area contributed by atoms with E-state index in [1.54, 1.807) is 11.6 Å². The minimum atomic E-state index is -0.0635. The smallest absolute Gasteiger partial charge is 0.254 e. The SMILES string of the molecule is COc1cccc(CNC(=O)[C@@H]2CCCN(c3cc(C)nc4ncnn34)C2)c1. The number of carbonyl (C=O) groups excluding carboxylic acids is 1. The number of fused-ring (bicyclic) bond motifs is 1. The molecule has 1 fully saturated rings. The number of methoxy groups -OCH3 is 1. The molecule has 8 heteroatoms. The predicted octanol–water partition coefficient (Wildman–Crippen LogP) is 1.97. The van der Waals surface area contributed by atoms with Crippen molar-refractivity contribution in [3.63, 3.8) is 0 Å². The highest BCUT2D eigenvalue weighted by molar-refractivity contribution is 5.79. The number of ether oxygens (including phenoxy) is 1. The number of hydrogen-bond donors (Lipinski definition) is 1. The van der Waals surface area contributed by atoms with Gasteiger partial charge < -0.3 is 15.0 Å². The van der Waals surface area contributed by atoms with Crippen molar-refractivity contribution in [1.29, 1.82) is 0 Å². The lowest BCUT2D eigenvalue weighted by Crippen LogP contribution is -2.43. The number of nitrogens with one attached hydrogen (secondary N) is 1. The Hall–Kier alpha value is -3.16. The molecule has 0 radical (unpaired) electrons. The monoisotopic (exact) mass is 380 g/mol. The van der Waals surface area contributed by atoms with E-state index in [-0.39, 0.29) is 11.8 Å². The van der Waals surface area contributed by atoms with E-state index in [0.29, 0.717) is 18.9 Å². The van der Waals surface area contributed by atoms with Gasteiger partial charge in [-0.1, -0.05) is 12.1 Å². The summed E-state index contributed by atoms with van der Waals surface area (Å²) in [5.74, 6) is 2.32. The van der Waals surface area contributed by atoms with E-state index in [9.17, 15) is 4.79 Å². The Balaban J connectivity index is 1.44. The molecule has 8 nitrogen and oxygen atoms in total. The Morgan fingerprint density at radius 2 is 2.25 bits per heavy atom. The summed E-state index contributed by atoms with van der Waals surface area (Å²) in [7, 11) is 1.64. The molecule has 4 rings (SSSR count). The van der Waals surface area contributed by atoms with Gasteiger partial charge in [-0.2, -0.15) is 14.6 Å². The third-order valence-corrected chi connectivity index (χ3v) is 5.08. The third kappa shape index (κ3) is 3.76. The Morgan fingerprint density at radius 1 is 1.36 bits per heavy atom. The standard InChI is InChI=1S/C20H24N6O2/c1-14-9-18(26-20(24-14)22-13-23-26)25-8-4-6-16(12-25)19(27)21-11-15-5-3-7-17(10-15)28-2/h3,5,7,9-10,13,16H,4,6,8,11-12H2,1-2H3,(H,21,27)/t16-/m1/s1. The van der Waals surface area contributed by atoms with Crippen LogP contribution in [-0.4, -0.2) is 45.7 Å². The van der Waals surface area contributed by atoms with Crippen LogP contribution in [0.15, 0.2) is 36.7 Å². The molecule has 1 aliphatic heterocycles. The van der Waals surface area contributed by atoms with Crippen LogP contribution >= 0.6 is 0 Å². The fourth-order valence-corrected chi connectivity index (χ4v) is 3.65. The summed E-state index contributed by atoms with van der Waals surface area (Å²) in [5.41, 5.74) is 1.91. The first kappa shape index (κ1) is 18.2. The van der Waals surface area contributed by atoms with E-state index in [1.165, 1.54) is 6.33 Å². The molecule has 2 aromatic heterocycles. The van der Waals surface area contributed by atoms with Gasteiger partial charge in [0, 0.05) is 31.4 Å². The zero-order chi connectivity index (χ0) is 19.5. The number of carbonyl (C=O) groups is 1. The molecule has 0 aliphatic carbocycles. The minimum Gasteiger partial charge on any atom is -0.497 e. The zero-order valence-corrected chi connectivity index (χ0v) is 16.1. The van der Waals surface area contributed by atoms with Gasteiger partial charge >= 0.3 is 0 Å². The molecule has 1 N–H and O–H groups in total. The van der Waals surface area contributed by atoms with Gasteiger partial charge in [-0.3, -0.25) is 4.79 Å². The molecule has 0 saturated carbocycles. The van der Waals surface area contributed by atoms with Crippen LogP contribution in [-0.2, 0) is 11.3 Å². The van der Waals surface area contributed by atoms with Gasteiger partial charge in [0.15, 0.2) is 0 Å². The summed E-state index contributed by atoms with van der Waals surface area (Å²) in [6.45, 7) is 3.98. The first-order valence-corrected chi connectivity index (χ1v) is 9.47. The molecule has 0 spiro atoms. The van der Waals surface area contributed by atoms with Crippen LogP contribution in [0.1, 0.15) is 24.1 Å². The Bertz CT molecular complexity index is 986. The lowest BCUT2D eigenvalue weighted by molar-refractivity contribution is -0.125. The molecule has 28 heavy (non-hydrogen) atoms. The van der Waals surface area contributed by atoms with Gasteiger partial charge in [0.2, 0.25) is 5.91 Å². The number of rotatable bonds is 5. The second-order valence-corrected chi connectivity index (χ2v) is 7.08. The number of anilines is 1. The first-order valence-electron chi connectivity index (χ1n) is 9.47. The molecular formula is C20H24N6O2. The lowest BCUT2D eigenvalue weighted by Gasteiger charge is -2.33. The van der Waals surface area contributed by atoms with Crippen LogP contribution in [0.5, 0.6) is 5.75 Å². The van der Waals surface area contributed by atoms with Crippen molar-refractivity contribution in [2.24, 2.45) is 5.92 Å². The summed E-state index contributed by atoms with van der Waals surface area (Å²) in [4.78, 5) is 23.6. The highest BCUT2D eigenvalue weighted by Crippen LogP contribution is 2.24. The van der Waals surface area contributed by atoms with Crippen molar-refractivity contribution >= 4 is 17.5 Å². The molecule has 1 amide bonds. The largest absolute Gasteiger partial charge is 0.497 e. The Morgan fingerprint density at radius 3 is 3.11 bits per heavy atom. The van der Waals surface area contributed by atoms with E-state index < -0.39 is 0 Å². The van der Waals surface area contributed by atoms with Crippen molar-refractivity contribution in [3.8, 4) is 5.75 Å². The molecule has 1 aliphatic rings. The summed E-state index contributed by atoms with van der Waals surface area (Å²) < 4.78 is 6.98. The zero-order valence-electron chi connectivity index (χ0n) is 16.1. The molecule has 0 bridgehead atoms. The minimum absolute atomic E-state index is 0.0635. The molecule has 146 valence electrons. The van der Waals surface area contributed by atoms with Crippen LogP contribution in [0.25, 0.3) is 5.78 Å². The van der Waals surface area contributed by atoms with Gasteiger partial charge in [-0.15, -0.1) is 0 Å². The summed E-state index contributed by atoms with van der Waals surface area (Å²) in [6, 6.07) is 9.74. The summed E-state index contributed by atoms with van der Waals surface area (Å²) in [5, 5.41) is 7.35. The molecule has 1 atom stereocenters. The van der Waals surface area contributed by atoms with E-state index in [2.05, 4.69) is 25.3 Å². The number of hydrogen-bond acceptors (Lipinski definition) is 6. The number of benzene rings is 1. The van der Waals surface area contributed by atoms with Gasteiger partial charge in [-0.05, 0) is 37.5 Å². The van der Waals surface area contributed by atoms with E-state index in [1.807, 2.05) is 37.3 Å². The maximum atomic E-state index is 12.8. The second kappa shape index (κ2) is 7.84. The topological polar surface area (TPSA) is 84.6 Å². The lowest BCUT2D eigenvalue weighted by atomic mass is 9.97. The highest BCUT2D eigenvalue weighted by Gasteiger charge is 2.27. The number of piperidine rings is 1. The van der Waals surface area contributed by atoms with Crippen molar-refractivity contribution < 1.29 is 9.53 Å². The highest BCUT2D eigenvalue weighted by atomic mass is 16.5. The van der Waals surface area contributed by atoms with Crippen molar-refractivity contribution in [3.05, 3.63) is 47.9 Å². The van der Waals surface area contributed by atoms with Gasteiger partial charge in [-0.25, -0.2) is 4.98 Å². The van der Waals surface area contributed by atoms with Crippen LogP contribution in [0.2, 0.25) is 0 Å². The van der Waals surface area contributed by atoms with E-state index in [4.69, 9.17) is 4.74 Å². The van der Waals surface area contributed by atoms with Crippen LogP contribution in [0, 0.1) is 12.8 Å². The Labute approximate surface area is 163 Å². The van der Waals surface area contributed by atoms with Crippen molar-refractivity contribution in [2.45, 2.75) is 26.3 Å². The van der Waals surface area contributed by atoms with Gasteiger partial charge in [0.05, 0.1) is 13.0 Å². The third-order valence-electron chi connectivity index (χ3n) is 5.08. The number of amides is 1. The molecule has 3 heterocycles. The van der Waals surface area contributed by atoms with Gasteiger partial charge in [0.1, 0.15) is 17.9 Å². The fraction of sp³-hybridized carbons (Fsp3) is 0.400. The molecule has 1 aromatic carbocycles. The number of aromatic nitrogens is 4. The van der Waals surface area contributed by atoms with Gasteiger partial charge in [0.25, 0.3) is 5.78 Å². The molecule has 3 aromatic rings. The molecule has 1 saturated heterocycles. The number of aryl methyl sites for hydroxylation is 1. The predicted molar refractivity (Wildman–Crippen MR) is 105 cm³/mol. The molecule has 0 unspecified atom stereocenters. The van der Waals surface area contributed by atoms with Crippen molar-refractivity contribution in [1.82, 2.24) is 24.9 Å². The summed E-state index contributed by atoms with van der Waals surface area (Å²) in [6.07, 6.45) is 3.34. The van der Waals surface area contributed by atoms with Crippen LogP contribution in [0.3, 0.4) is 0 Å².